The van der Waals surface area contributed by atoms with Crippen molar-refractivity contribution >= 4 is 29.3 Å². The number of amides is 2. The van der Waals surface area contributed by atoms with Crippen molar-refractivity contribution < 1.29 is 19.1 Å². The van der Waals surface area contributed by atoms with Crippen molar-refractivity contribution in [3.05, 3.63) is 89.0 Å². The third kappa shape index (κ3) is 6.71. The van der Waals surface area contributed by atoms with E-state index in [1.54, 1.807) is 30.3 Å². The lowest BCUT2D eigenvalue weighted by molar-refractivity contribution is -0.118. The number of rotatable bonds is 8. The number of nitriles is 1. The Morgan fingerprint density at radius 1 is 0.882 bits per heavy atom. The zero-order valence-electron chi connectivity index (χ0n) is 19.2. The number of methoxy groups -OCH3 is 1. The van der Waals surface area contributed by atoms with Crippen LogP contribution in [0.1, 0.15) is 16.7 Å². The van der Waals surface area contributed by atoms with Gasteiger partial charge >= 0.3 is 0 Å². The van der Waals surface area contributed by atoms with Crippen molar-refractivity contribution in [2.45, 2.75) is 13.8 Å². The maximum atomic E-state index is 12.5. The van der Waals surface area contributed by atoms with Crippen molar-refractivity contribution in [1.82, 2.24) is 0 Å². The number of nitrogens with zero attached hydrogens (tertiary/aromatic N) is 1. The summed E-state index contributed by atoms with van der Waals surface area (Å²) < 4.78 is 11.0. The summed E-state index contributed by atoms with van der Waals surface area (Å²) in [6.45, 7) is 3.71. The lowest BCUT2D eigenvalue weighted by atomic mass is 10.1. The monoisotopic (exact) mass is 455 g/mol. The first-order valence-electron chi connectivity index (χ1n) is 10.5. The third-order valence-electron chi connectivity index (χ3n) is 4.87. The number of hydrogen-bond acceptors (Lipinski definition) is 5. The predicted molar refractivity (Wildman–Crippen MR) is 132 cm³/mol. The molecule has 0 saturated heterocycles. The average Bonchev–Trinajstić information content (AvgIpc) is 2.84. The fraction of sp³-hybridized carbons (Fsp3) is 0.148. The minimum atomic E-state index is -0.515. The molecule has 3 rings (SSSR count). The molecule has 3 aromatic carbocycles. The van der Waals surface area contributed by atoms with E-state index in [0.717, 1.165) is 11.1 Å². The molecule has 0 fully saturated rings. The Balaban J connectivity index is 1.66. The fourth-order valence-corrected chi connectivity index (χ4v) is 3.02. The molecule has 3 aromatic rings. The van der Waals surface area contributed by atoms with Gasteiger partial charge in [-0.15, -0.1) is 0 Å². The Hall–Kier alpha value is -4.57. The van der Waals surface area contributed by atoms with Gasteiger partial charge in [-0.3, -0.25) is 9.59 Å². The molecule has 2 amide bonds. The molecule has 0 aliphatic rings. The molecule has 0 atom stereocenters. The van der Waals surface area contributed by atoms with E-state index in [0.29, 0.717) is 28.4 Å². The van der Waals surface area contributed by atoms with E-state index in [9.17, 15) is 14.9 Å². The summed E-state index contributed by atoms with van der Waals surface area (Å²) in [5, 5.41) is 14.9. The maximum absolute atomic E-state index is 12.5. The quantitative estimate of drug-likeness (QED) is 0.373. The molecule has 7 nitrogen and oxygen atoms in total. The Bertz CT molecular complexity index is 1240. The number of benzene rings is 3. The van der Waals surface area contributed by atoms with Crippen LogP contribution >= 0.6 is 0 Å². The molecule has 0 saturated carbocycles. The molecule has 2 N–H and O–H groups in total. The SMILES string of the molecule is COc1cc(C=C(C#N)C(=O)Nc2ccc(C)cc2)ccc1OCC(=O)Nc1ccc(C)cc1. The van der Waals surface area contributed by atoms with Crippen LogP contribution in [0, 0.1) is 25.2 Å². The molecule has 0 spiro atoms. The van der Waals surface area contributed by atoms with Crippen LogP contribution in [0.4, 0.5) is 11.4 Å². The number of aryl methyl sites for hydroxylation is 2. The normalized spacial score (nSPS) is 10.7. The number of anilines is 2. The summed E-state index contributed by atoms with van der Waals surface area (Å²) in [5.74, 6) is -0.0951. The highest BCUT2D eigenvalue weighted by Crippen LogP contribution is 2.29. The molecular formula is C27H25N3O4. The summed E-state index contributed by atoms with van der Waals surface area (Å²) in [4.78, 5) is 24.7. The van der Waals surface area contributed by atoms with Gasteiger partial charge in [0.1, 0.15) is 11.6 Å². The molecule has 0 aliphatic heterocycles. The number of ether oxygens (including phenoxy) is 2. The lowest BCUT2D eigenvalue weighted by Gasteiger charge is -2.12. The first-order chi connectivity index (χ1) is 16.4. The van der Waals surface area contributed by atoms with Gasteiger partial charge in [-0.25, -0.2) is 0 Å². The van der Waals surface area contributed by atoms with Gasteiger partial charge in [0.05, 0.1) is 7.11 Å². The summed E-state index contributed by atoms with van der Waals surface area (Å²) in [5.41, 5.74) is 3.95. The fourth-order valence-electron chi connectivity index (χ4n) is 3.02. The maximum Gasteiger partial charge on any atom is 0.266 e. The lowest BCUT2D eigenvalue weighted by Crippen LogP contribution is -2.20. The number of carbonyl (C=O) groups is 2. The van der Waals surface area contributed by atoms with Crippen LogP contribution in [0.15, 0.2) is 72.3 Å². The van der Waals surface area contributed by atoms with Crippen LogP contribution in [0.25, 0.3) is 6.08 Å². The molecule has 0 bridgehead atoms. The van der Waals surface area contributed by atoms with E-state index < -0.39 is 5.91 Å². The molecule has 0 heterocycles. The molecule has 0 unspecified atom stereocenters. The van der Waals surface area contributed by atoms with E-state index >= 15 is 0 Å². The largest absolute Gasteiger partial charge is 0.493 e. The van der Waals surface area contributed by atoms with Crippen molar-refractivity contribution in [2.75, 3.05) is 24.4 Å². The van der Waals surface area contributed by atoms with Crippen LogP contribution in [0.3, 0.4) is 0 Å². The Morgan fingerprint density at radius 3 is 2.03 bits per heavy atom. The standard InChI is InChI=1S/C27H25N3O4/c1-18-4-9-22(10-5-18)29-26(31)17-34-24-13-8-20(15-25(24)33-3)14-21(16-28)27(32)30-23-11-6-19(2)7-12-23/h4-15H,17H2,1-3H3,(H,29,31)(H,30,32). The van der Waals surface area contributed by atoms with Crippen LogP contribution in [0.5, 0.6) is 11.5 Å². The Morgan fingerprint density at radius 2 is 1.47 bits per heavy atom. The summed E-state index contributed by atoms with van der Waals surface area (Å²) in [6, 6.07) is 21.6. The van der Waals surface area contributed by atoms with Gasteiger partial charge in [0.15, 0.2) is 18.1 Å². The topological polar surface area (TPSA) is 100 Å². The minimum absolute atomic E-state index is 0.0613. The average molecular weight is 456 g/mol. The van der Waals surface area contributed by atoms with Gasteiger partial charge < -0.3 is 20.1 Å². The second-order valence-electron chi connectivity index (χ2n) is 7.60. The number of hydrogen-bond donors (Lipinski definition) is 2. The van der Waals surface area contributed by atoms with Crippen LogP contribution < -0.4 is 20.1 Å². The molecule has 0 aliphatic carbocycles. The third-order valence-corrected chi connectivity index (χ3v) is 4.87. The molecule has 172 valence electrons. The minimum Gasteiger partial charge on any atom is -0.493 e. The van der Waals surface area contributed by atoms with Gasteiger partial charge in [-0.05, 0) is 61.9 Å². The first kappa shape index (κ1) is 24.1. The van der Waals surface area contributed by atoms with Crippen LogP contribution in [0.2, 0.25) is 0 Å². The van der Waals surface area contributed by atoms with Gasteiger partial charge in [0, 0.05) is 11.4 Å². The van der Waals surface area contributed by atoms with Gasteiger partial charge in [-0.1, -0.05) is 41.5 Å². The summed E-state index contributed by atoms with van der Waals surface area (Å²) >= 11 is 0. The second-order valence-corrected chi connectivity index (χ2v) is 7.60. The van der Waals surface area contributed by atoms with E-state index in [1.807, 2.05) is 56.3 Å². The summed E-state index contributed by atoms with van der Waals surface area (Å²) in [7, 11) is 1.47. The molecule has 7 heteroatoms. The zero-order valence-corrected chi connectivity index (χ0v) is 19.2. The number of nitrogens with one attached hydrogen (secondary N) is 2. The van der Waals surface area contributed by atoms with E-state index in [-0.39, 0.29) is 18.1 Å². The Kier molecular flexibility index (Phi) is 8.03. The van der Waals surface area contributed by atoms with Crippen LogP contribution in [-0.4, -0.2) is 25.5 Å². The summed E-state index contributed by atoms with van der Waals surface area (Å²) in [6.07, 6.45) is 1.46. The first-order valence-corrected chi connectivity index (χ1v) is 10.5. The predicted octanol–water partition coefficient (Wildman–Crippen LogP) is 4.88. The van der Waals surface area contributed by atoms with E-state index in [2.05, 4.69) is 10.6 Å². The van der Waals surface area contributed by atoms with Gasteiger partial charge in [0.2, 0.25) is 0 Å². The zero-order chi connectivity index (χ0) is 24.5. The van der Waals surface area contributed by atoms with Gasteiger partial charge in [0.25, 0.3) is 11.8 Å². The van der Waals surface area contributed by atoms with E-state index in [1.165, 1.54) is 13.2 Å². The molecular weight excluding hydrogens is 430 g/mol. The number of carbonyl (C=O) groups excluding carboxylic acids is 2. The molecule has 0 radical (unpaired) electrons. The van der Waals surface area contributed by atoms with E-state index in [4.69, 9.17) is 9.47 Å². The second kappa shape index (κ2) is 11.3. The Labute approximate surface area is 198 Å². The van der Waals surface area contributed by atoms with Gasteiger partial charge in [-0.2, -0.15) is 5.26 Å². The molecule has 34 heavy (non-hydrogen) atoms. The smallest absolute Gasteiger partial charge is 0.266 e. The van der Waals surface area contributed by atoms with Crippen molar-refractivity contribution in [3.63, 3.8) is 0 Å². The molecule has 0 aromatic heterocycles. The highest BCUT2D eigenvalue weighted by Gasteiger charge is 2.12. The highest BCUT2D eigenvalue weighted by molar-refractivity contribution is 6.09. The highest BCUT2D eigenvalue weighted by atomic mass is 16.5. The van der Waals surface area contributed by atoms with Crippen molar-refractivity contribution in [2.24, 2.45) is 0 Å². The van der Waals surface area contributed by atoms with Crippen LogP contribution in [-0.2, 0) is 9.59 Å². The van der Waals surface area contributed by atoms with Crippen molar-refractivity contribution in [1.29, 1.82) is 5.26 Å². The van der Waals surface area contributed by atoms with Crippen molar-refractivity contribution in [3.8, 4) is 17.6 Å².